The molecule has 224 valence electrons. The zero-order chi connectivity index (χ0) is 30.3. The number of unbranched alkanes of at least 4 members (excludes halogenated alkanes) is 1. The lowest BCUT2D eigenvalue weighted by Gasteiger charge is -2.37. The first kappa shape index (κ1) is 30.0. The minimum absolute atomic E-state index is 0.000463. The third-order valence-corrected chi connectivity index (χ3v) is 8.10. The number of methoxy groups -OCH3 is 2. The first-order chi connectivity index (χ1) is 20.9. The van der Waals surface area contributed by atoms with Crippen LogP contribution in [0.5, 0.6) is 17.2 Å². The molecule has 3 aromatic carbocycles. The van der Waals surface area contributed by atoms with Crippen molar-refractivity contribution in [2.45, 2.75) is 58.0 Å². The van der Waals surface area contributed by atoms with Crippen LogP contribution in [0.15, 0.2) is 95.3 Å². The Bertz CT molecular complexity index is 1540. The van der Waals surface area contributed by atoms with Crippen LogP contribution < -0.4 is 19.5 Å². The fraction of sp³-hybridized carbons (Fsp3) is 0.333. The van der Waals surface area contributed by atoms with Gasteiger partial charge in [0.2, 0.25) is 0 Å². The van der Waals surface area contributed by atoms with Gasteiger partial charge in [-0.25, -0.2) is 4.79 Å². The highest BCUT2D eigenvalue weighted by atomic mass is 16.5. The smallest absolute Gasteiger partial charge is 0.336 e. The van der Waals surface area contributed by atoms with Gasteiger partial charge in [-0.05, 0) is 66.6 Å². The van der Waals surface area contributed by atoms with Gasteiger partial charge in [0, 0.05) is 29.3 Å². The molecule has 0 bridgehead atoms. The standard InChI is InChI=1S/C36H39NO6/c1-5-6-17-42-36(39)33-23(2)37-29-19-27(25-15-16-31(40-3)32(21-25)41-4)20-30(38)35(29)34(33)26-13-10-14-28(18-26)43-22-24-11-8-7-9-12-24/h7-16,18,21,27,34,37H,5-6,17,19-20,22H2,1-4H3. The molecule has 0 aromatic heterocycles. The molecule has 0 saturated heterocycles. The summed E-state index contributed by atoms with van der Waals surface area (Å²) in [4.78, 5) is 27.6. The molecule has 2 atom stereocenters. The van der Waals surface area contributed by atoms with Crippen molar-refractivity contribution >= 4 is 11.8 Å². The number of carbonyl (C=O) groups excluding carboxylic acids is 2. The van der Waals surface area contributed by atoms with E-state index < -0.39 is 11.9 Å². The Morgan fingerprint density at radius 3 is 2.44 bits per heavy atom. The van der Waals surface area contributed by atoms with E-state index in [-0.39, 0.29) is 11.7 Å². The number of ketones is 1. The van der Waals surface area contributed by atoms with Crippen LogP contribution in [0, 0.1) is 0 Å². The molecule has 1 heterocycles. The predicted octanol–water partition coefficient (Wildman–Crippen LogP) is 6.99. The average molecular weight is 582 g/mol. The summed E-state index contributed by atoms with van der Waals surface area (Å²) in [6, 6.07) is 23.4. The lowest BCUT2D eigenvalue weighted by Crippen LogP contribution is -2.36. The summed E-state index contributed by atoms with van der Waals surface area (Å²) in [7, 11) is 3.21. The second-order valence-electron chi connectivity index (χ2n) is 11.0. The van der Waals surface area contributed by atoms with Crippen LogP contribution >= 0.6 is 0 Å². The second kappa shape index (κ2) is 13.6. The van der Waals surface area contributed by atoms with E-state index >= 15 is 0 Å². The molecule has 2 unspecified atom stereocenters. The molecule has 1 aliphatic heterocycles. The van der Waals surface area contributed by atoms with E-state index in [4.69, 9.17) is 18.9 Å². The van der Waals surface area contributed by atoms with Gasteiger partial charge in [-0.3, -0.25) is 4.79 Å². The molecule has 0 amide bonds. The molecule has 43 heavy (non-hydrogen) atoms. The van der Waals surface area contributed by atoms with Crippen molar-refractivity contribution in [2.24, 2.45) is 0 Å². The minimum Gasteiger partial charge on any atom is -0.493 e. The van der Waals surface area contributed by atoms with E-state index in [0.717, 1.165) is 35.2 Å². The number of ether oxygens (including phenoxy) is 4. The SMILES string of the molecule is CCCCOC(=O)C1=C(C)NC2=C(C(=O)CC(c3ccc(OC)c(OC)c3)C2)C1c1cccc(OCc2ccccc2)c1. The molecule has 1 N–H and O–H groups in total. The van der Waals surface area contributed by atoms with Crippen LogP contribution in [0.1, 0.15) is 68.1 Å². The topological polar surface area (TPSA) is 83.1 Å². The van der Waals surface area contributed by atoms with Crippen LogP contribution in [0.4, 0.5) is 0 Å². The molecular formula is C36H39NO6. The summed E-state index contributed by atoms with van der Waals surface area (Å²) in [5, 5.41) is 3.43. The lowest BCUT2D eigenvalue weighted by atomic mass is 9.71. The number of hydrogen-bond acceptors (Lipinski definition) is 7. The fourth-order valence-corrected chi connectivity index (χ4v) is 5.90. The fourth-order valence-electron chi connectivity index (χ4n) is 5.90. The van der Waals surface area contributed by atoms with Crippen molar-refractivity contribution in [3.05, 3.63) is 112 Å². The second-order valence-corrected chi connectivity index (χ2v) is 11.0. The van der Waals surface area contributed by atoms with Gasteiger partial charge in [-0.1, -0.05) is 61.9 Å². The Labute approximate surface area is 253 Å². The Kier molecular flexibility index (Phi) is 9.50. The van der Waals surface area contributed by atoms with Gasteiger partial charge in [0.05, 0.1) is 26.4 Å². The Hall–Kier alpha value is -4.52. The normalized spacial score (nSPS) is 18.1. The Morgan fingerprint density at radius 1 is 0.907 bits per heavy atom. The maximum Gasteiger partial charge on any atom is 0.336 e. The van der Waals surface area contributed by atoms with Crippen molar-refractivity contribution < 1.29 is 28.5 Å². The van der Waals surface area contributed by atoms with E-state index in [9.17, 15) is 9.59 Å². The summed E-state index contributed by atoms with van der Waals surface area (Å²) < 4.78 is 22.8. The quantitative estimate of drug-likeness (QED) is 0.193. The van der Waals surface area contributed by atoms with Gasteiger partial charge in [0.15, 0.2) is 17.3 Å². The van der Waals surface area contributed by atoms with Gasteiger partial charge >= 0.3 is 5.97 Å². The van der Waals surface area contributed by atoms with Crippen molar-refractivity contribution in [1.29, 1.82) is 0 Å². The van der Waals surface area contributed by atoms with Crippen LogP contribution in [-0.2, 0) is 20.9 Å². The van der Waals surface area contributed by atoms with Crippen molar-refractivity contribution in [3.63, 3.8) is 0 Å². The maximum absolute atomic E-state index is 14.0. The predicted molar refractivity (Wildman–Crippen MR) is 165 cm³/mol. The molecular weight excluding hydrogens is 542 g/mol. The Morgan fingerprint density at radius 2 is 1.70 bits per heavy atom. The zero-order valence-corrected chi connectivity index (χ0v) is 25.3. The molecule has 0 spiro atoms. The number of rotatable bonds is 11. The van der Waals surface area contributed by atoms with Gasteiger partial charge in [0.1, 0.15) is 12.4 Å². The highest BCUT2D eigenvalue weighted by Crippen LogP contribution is 2.47. The molecule has 2 aliphatic rings. The number of carbonyl (C=O) groups is 2. The number of dihydropyridines is 1. The van der Waals surface area contributed by atoms with Crippen molar-refractivity contribution in [2.75, 3.05) is 20.8 Å². The largest absolute Gasteiger partial charge is 0.493 e. The van der Waals surface area contributed by atoms with Crippen LogP contribution in [-0.4, -0.2) is 32.6 Å². The monoisotopic (exact) mass is 581 g/mol. The third-order valence-electron chi connectivity index (χ3n) is 8.10. The van der Waals surface area contributed by atoms with Gasteiger partial charge in [-0.15, -0.1) is 0 Å². The molecule has 0 fully saturated rings. The zero-order valence-electron chi connectivity index (χ0n) is 25.3. The summed E-state index contributed by atoms with van der Waals surface area (Å²) in [6.07, 6.45) is 2.62. The summed E-state index contributed by atoms with van der Waals surface area (Å²) in [6.45, 7) is 4.68. The highest BCUT2D eigenvalue weighted by molar-refractivity contribution is 6.04. The van der Waals surface area contributed by atoms with E-state index in [1.165, 1.54) is 0 Å². The molecule has 5 rings (SSSR count). The maximum atomic E-state index is 14.0. The molecule has 3 aromatic rings. The van der Waals surface area contributed by atoms with Gasteiger partial charge in [0.25, 0.3) is 0 Å². The van der Waals surface area contributed by atoms with E-state index in [1.807, 2.05) is 79.7 Å². The van der Waals surface area contributed by atoms with E-state index in [1.54, 1.807) is 14.2 Å². The van der Waals surface area contributed by atoms with Crippen LogP contribution in [0.2, 0.25) is 0 Å². The first-order valence-electron chi connectivity index (χ1n) is 14.8. The summed E-state index contributed by atoms with van der Waals surface area (Å²) >= 11 is 0. The van der Waals surface area contributed by atoms with Gasteiger partial charge in [-0.2, -0.15) is 0 Å². The number of Topliss-reactive ketones (excluding diaryl/α,β-unsaturated/α-hetero) is 1. The number of allylic oxidation sites excluding steroid dienone is 3. The number of hydrogen-bond donors (Lipinski definition) is 1. The summed E-state index contributed by atoms with van der Waals surface area (Å²) in [5.74, 6) is 0.923. The van der Waals surface area contributed by atoms with E-state index in [2.05, 4.69) is 12.2 Å². The van der Waals surface area contributed by atoms with Gasteiger partial charge < -0.3 is 24.3 Å². The third kappa shape index (κ3) is 6.61. The molecule has 0 saturated carbocycles. The van der Waals surface area contributed by atoms with Crippen LogP contribution in [0.25, 0.3) is 0 Å². The Balaban J connectivity index is 1.50. The summed E-state index contributed by atoms with van der Waals surface area (Å²) in [5.41, 5.74) is 5.48. The molecule has 0 radical (unpaired) electrons. The first-order valence-corrected chi connectivity index (χ1v) is 14.8. The molecule has 7 nitrogen and oxygen atoms in total. The highest BCUT2D eigenvalue weighted by Gasteiger charge is 2.41. The van der Waals surface area contributed by atoms with Crippen molar-refractivity contribution in [3.8, 4) is 17.2 Å². The minimum atomic E-state index is -0.565. The van der Waals surface area contributed by atoms with Crippen molar-refractivity contribution in [1.82, 2.24) is 5.32 Å². The number of nitrogens with one attached hydrogen (secondary N) is 1. The van der Waals surface area contributed by atoms with E-state index in [0.29, 0.717) is 60.1 Å². The number of esters is 1. The number of benzene rings is 3. The lowest BCUT2D eigenvalue weighted by molar-refractivity contribution is -0.139. The van der Waals surface area contributed by atoms with Crippen LogP contribution in [0.3, 0.4) is 0 Å². The molecule has 1 aliphatic carbocycles. The molecule has 7 heteroatoms. The average Bonchev–Trinajstić information content (AvgIpc) is 3.03.